The van der Waals surface area contributed by atoms with Gasteiger partial charge in [0.25, 0.3) is 0 Å². The fourth-order valence-electron chi connectivity index (χ4n) is 3.94. The molecule has 0 amide bonds. The van der Waals surface area contributed by atoms with Gasteiger partial charge in [-0.1, -0.05) is 48.5 Å². The minimum atomic E-state index is -3.63. The predicted molar refractivity (Wildman–Crippen MR) is 115 cm³/mol. The zero-order valence-corrected chi connectivity index (χ0v) is 17.7. The van der Waals surface area contributed by atoms with E-state index in [1.165, 1.54) is 0 Å². The Hall–Kier alpha value is -2.83. The summed E-state index contributed by atoms with van der Waals surface area (Å²) in [6.07, 6.45) is -0.631. The van der Waals surface area contributed by atoms with E-state index in [2.05, 4.69) is 0 Å². The van der Waals surface area contributed by atoms with Gasteiger partial charge in [0.15, 0.2) is 9.84 Å². The molecule has 0 N–H and O–H groups in total. The number of hydrogen-bond acceptors (Lipinski definition) is 5. The Morgan fingerprint density at radius 2 is 1.53 bits per heavy atom. The Morgan fingerprint density at radius 3 is 2.17 bits per heavy atom. The van der Waals surface area contributed by atoms with Gasteiger partial charge in [-0.15, -0.1) is 0 Å². The molecule has 3 aromatic rings. The van der Waals surface area contributed by atoms with E-state index in [4.69, 9.17) is 14.2 Å². The molecule has 3 aromatic carbocycles. The van der Waals surface area contributed by atoms with Crippen LogP contribution in [0.5, 0.6) is 11.5 Å². The average molecular weight is 425 g/mol. The first kappa shape index (κ1) is 20.4. The summed E-state index contributed by atoms with van der Waals surface area (Å²) in [5, 5.41) is -0.743. The first-order valence-electron chi connectivity index (χ1n) is 9.76. The highest BCUT2D eigenvalue weighted by Gasteiger charge is 2.46. The van der Waals surface area contributed by atoms with Crippen LogP contribution in [-0.2, 0) is 14.6 Å². The molecule has 0 unspecified atom stereocenters. The fraction of sp³-hybridized carbons (Fsp3) is 0.250. The van der Waals surface area contributed by atoms with Crippen molar-refractivity contribution in [3.8, 4) is 11.5 Å². The van der Waals surface area contributed by atoms with Gasteiger partial charge in [0, 0.05) is 11.6 Å². The van der Waals surface area contributed by atoms with E-state index in [1.54, 1.807) is 56.7 Å². The molecule has 0 saturated carbocycles. The Bertz CT molecular complexity index is 1100. The molecular formula is C24H24O5S. The second-order valence-corrected chi connectivity index (χ2v) is 9.36. The third-order valence-electron chi connectivity index (χ3n) is 5.48. The normalized spacial score (nSPS) is 21.3. The zero-order valence-electron chi connectivity index (χ0n) is 16.9. The molecule has 30 heavy (non-hydrogen) atoms. The number of ether oxygens (including phenoxy) is 3. The van der Waals surface area contributed by atoms with Crippen LogP contribution in [0.4, 0.5) is 0 Å². The van der Waals surface area contributed by atoms with E-state index in [-0.39, 0.29) is 6.10 Å². The number of sulfone groups is 1. The molecule has 0 aliphatic carbocycles. The molecule has 156 valence electrons. The minimum Gasteiger partial charge on any atom is -0.497 e. The molecule has 5 nitrogen and oxygen atoms in total. The molecule has 0 bridgehead atoms. The van der Waals surface area contributed by atoms with E-state index in [0.717, 1.165) is 5.56 Å². The first-order chi connectivity index (χ1) is 14.5. The maximum Gasteiger partial charge on any atom is 0.184 e. The van der Waals surface area contributed by atoms with E-state index in [1.807, 2.05) is 36.4 Å². The van der Waals surface area contributed by atoms with Gasteiger partial charge in [-0.25, -0.2) is 8.42 Å². The van der Waals surface area contributed by atoms with Crippen LogP contribution in [0.3, 0.4) is 0 Å². The van der Waals surface area contributed by atoms with Crippen LogP contribution in [0, 0.1) is 0 Å². The van der Waals surface area contributed by atoms with Crippen molar-refractivity contribution in [3.63, 3.8) is 0 Å². The quantitative estimate of drug-likeness (QED) is 0.572. The number of rotatable bonds is 6. The topological polar surface area (TPSA) is 61.8 Å². The Balaban J connectivity index is 1.79. The molecule has 1 aliphatic rings. The summed E-state index contributed by atoms with van der Waals surface area (Å²) in [4.78, 5) is 0.296. The summed E-state index contributed by atoms with van der Waals surface area (Å²) in [5.74, 6) is 1.18. The molecule has 1 heterocycles. The zero-order chi connectivity index (χ0) is 21.1. The van der Waals surface area contributed by atoms with Gasteiger partial charge < -0.3 is 14.2 Å². The average Bonchev–Trinajstić information content (AvgIpc) is 3.26. The lowest BCUT2D eigenvalue weighted by Crippen LogP contribution is -2.25. The highest BCUT2D eigenvalue weighted by atomic mass is 32.2. The van der Waals surface area contributed by atoms with Gasteiger partial charge in [0.1, 0.15) is 17.6 Å². The lowest BCUT2D eigenvalue weighted by Gasteiger charge is -2.22. The molecule has 1 fully saturated rings. The van der Waals surface area contributed by atoms with Crippen LogP contribution in [0.2, 0.25) is 0 Å². The molecule has 1 saturated heterocycles. The van der Waals surface area contributed by atoms with Crippen molar-refractivity contribution in [1.29, 1.82) is 0 Å². The van der Waals surface area contributed by atoms with E-state index in [9.17, 15) is 8.42 Å². The molecule has 3 atom stereocenters. The molecule has 1 aliphatic heterocycles. The Morgan fingerprint density at radius 1 is 0.867 bits per heavy atom. The van der Waals surface area contributed by atoms with Crippen LogP contribution in [0.15, 0.2) is 83.8 Å². The number of benzene rings is 3. The van der Waals surface area contributed by atoms with Gasteiger partial charge in [-0.05, 0) is 36.2 Å². The third kappa shape index (κ3) is 3.80. The van der Waals surface area contributed by atoms with Crippen molar-refractivity contribution in [2.75, 3.05) is 14.2 Å². The Labute approximate surface area is 177 Å². The predicted octanol–water partition coefficient (Wildman–Crippen LogP) is 4.75. The molecule has 4 rings (SSSR count). The largest absolute Gasteiger partial charge is 0.497 e. The summed E-state index contributed by atoms with van der Waals surface area (Å²) in [6.45, 7) is 0. The van der Waals surface area contributed by atoms with Crippen molar-refractivity contribution in [2.45, 2.75) is 28.8 Å². The van der Waals surface area contributed by atoms with Crippen LogP contribution < -0.4 is 9.47 Å². The van der Waals surface area contributed by atoms with Crippen molar-refractivity contribution < 1.29 is 22.6 Å². The van der Waals surface area contributed by atoms with Crippen molar-refractivity contribution >= 4 is 9.84 Å². The van der Waals surface area contributed by atoms with Gasteiger partial charge in [0.2, 0.25) is 0 Å². The van der Waals surface area contributed by atoms with Gasteiger partial charge >= 0.3 is 0 Å². The Kier molecular flexibility index (Phi) is 5.79. The van der Waals surface area contributed by atoms with E-state index in [0.29, 0.717) is 28.4 Å². The lowest BCUT2D eigenvalue weighted by molar-refractivity contribution is 0.0433. The lowest BCUT2D eigenvalue weighted by atomic mass is 10.0. The van der Waals surface area contributed by atoms with Crippen molar-refractivity contribution in [3.05, 3.63) is 90.0 Å². The van der Waals surface area contributed by atoms with Crippen LogP contribution in [0.25, 0.3) is 0 Å². The maximum atomic E-state index is 13.6. The molecule has 0 spiro atoms. The summed E-state index contributed by atoms with van der Waals surface area (Å²) >= 11 is 0. The van der Waals surface area contributed by atoms with Gasteiger partial charge in [-0.2, -0.15) is 0 Å². The summed E-state index contributed by atoms with van der Waals surface area (Å²) < 4.78 is 44.4. The number of methoxy groups -OCH3 is 2. The fourth-order valence-corrected chi connectivity index (χ4v) is 5.79. The monoisotopic (exact) mass is 424 g/mol. The van der Waals surface area contributed by atoms with Crippen molar-refractivity contribution in [2.24, 2.45) is 0 Å². The molecule has 0 radical (unpaired) electrons. The molecular weight excluding hydrogens is 400 g/mol. The highest BCUT2D eigenvalue weighted by molar-refractivity contribution is 7.92. The van der Waals surface area contributed by atoms with Crippen LogP contribution in [-0.4, -0.2) is 27.9 Å². The van der Waals surface area contributed by atoms with Crippen LogP contribution >= 0.6 is 0 Å². The first-order valence-corrected chi connectivity index (χ1v) is 11.3. The summed E-state index contributed by atoms with van der Waals surface area (Å²) in [7, 11) is -0.493. The van der Waals surface area contributed by atoms with Crippen molar-refractivity contribution in [1.82, 2.24) is 0 Å². The molecule has 6 heteroatoms. The van der Waals surface area contributed by atoms with E-state index >= 15 is 0 Å². The molecule has 0 aromatic heterocycles. The highest BCUT2D eigenvalue weighted by Crippen LogP contribution is 2.48. The SMILES string of the molecule is COc1ccc([C@@H]2O[C@H](c3ccccc3)C[C@H]2S(=O)(=O)c2ccccc2)c(OC)c1. The van der Waals surface area contributed by atoms with E-state index < -0.39 is 21.2 Å². The summed E-state index contributed by atoms with van der Waals surface area (Å²) in [5.41, 5.74) is 1.65. The second kappa shape index (κ2) is 8.50. The smallest absolute Gasteiger partial charge is 0.184 e. The summed E-state index contributed by atoms with van der Waals surface area (Å²) in [6, 6.07) is 23.6. The van der Waals surface area contributed by atoms with Gasteiger partial charge in [0.05, 0.1) is 30.5 Å². The van der Waals surface area contributed by atoms with Gasteiger partial charge in [-0.3, -0.25) is 0 Å². The third-order valence-corrected chi connectivity index (χ3v) is 7.65. The maximum absolute atomic E-state index is 13.6. The minimum absolute atomic E-state index is 0.296. The number of hydrogen-bond donors (Lipinski definition) is 0. The van der Waals surface area contributed by atoms with Crippen LogP contribution in [0.1, 0.15) is 29.8 Å². The standard InChI is InChI=1S/C24H24O5S/c1-27-18-13-14-20(22(15-18)28-2)24-23(30(25,26)19-11-7-4-8-12-19)16-21(29-24)17-9-5-3-6-10-17/h3-15,21,23-24H,16H2,1-2H3/t21-,23+,24-/m0/s1. The second-order valence-electron chi connectivity index (χ2n) is 7.20.